The molecule has 1 saturated heterocycles. The molecule has 1 aliphatic heterocycles. The maximum Gasteiger partial charge on any atom is 0.217 e. The van der Waals surface area contributed by atoms with Crippen LogP contribution in [0.2, 0.25) is 0 Å². The summed E-state index contributed by atoms with van der Waals surface area (Å²) >= 11 is 0. The summed E-state index contributed by atoms with van der Waals surface area (Å²) < 4.78 is 26.5. The Morgan fingerprint density at radius 1 is 1.39 bits per heavy atom. The van der Waals surface area contributed by atoms with Crippen LogP contribution in [0.1, 0.15) is 18.9 Å². The molecule has 8 heteroatoms. The SMILES string of the molecule is CC(=O)N[C@@H](Cc1cc(F)cc(F)c1)[C@@H](O)[C@H]1C[C@@H](O)CN1.Cl. The van der Waals surface area contributed by atoms with Crippen LogP contribution in [0.4, 0.5) is 8.78 Å². The molecule has 0 unspecified atom stereocenters. The van der Waals surface area contributed by atoms with Crippen LogP contribution in [-0.4, -0.2) is 47.0 Å². The van der Waals surface area contributed by atoms with Crippen molar-refractivity contribution in [1.82, 2.24) is 10.6 Å². The Balaban J connectivity index is 0.00000264. The fraction of sp³-hybridized carbons (Fsp3) is 0.533. The summed E-state index contributed by atoms with van der Waals surface area (Å²) in [5.74, 6) is -1.76. The van der Waals surface area contributed by atoms with Gasteiger partial charge in [0.2, 0.25) is 5.91 Å². The molecule has 0 saturated carbocycles. The van der Waals surface area contributed by atoms with Crippen molar-refractivity contribution >= 4 is 18.3 Å². The van der Waals surface area contributed by atoms with E-state index in [1.807, 2.05) is 0 Å². The van der Waals surface area contributed by atoms with Crippen molar-refractivity contribution in [1.29, 1.82) is 0 Å². The molecule has 0 bridgehead atoms. The Bertz CT molecular complexity index is 527. The zero-order valence-corrected chi connectivity index (χ0v) is 13.4. The maximum atomic E-state index is 13.3. The van der Waals surface area contributed by atoms with Gasteiger partial charge in [0, 0.05) is 25.6 Å². The average Bonchev–Trinajstić information content (AvgIpc) is 2.82. The van der Waals surface area contributed by atoms with Gasteiger partial charge in [0.05, 0.1) is 18.2 Å². The van der Waals surface area contributed by atoms with E-state index < -0.39 is 29.9 Å². The number of carbonyl (C=O) groups is 1. The predicted octanol–water partition coefficient (Wildman–Crippen LogP) is 0.517. The second-order valence-electron chi connectivity index (χ2n) is 5.68. The first-order chi connectivity index (χ1) is 10.3. The standard InChI is InChI=1S/C15H20F2N2O3.ClH/c1-8(20)19-14(15(22)13-6-12(21)7-18-13)4-9-2-10(16)5-11(17)3-9;/h2-3,5,12-15,18,21-22H,4,6-7H2,1H3,(H,19,20);1H/t12-,13-,14+,15+;/m1./s1. The van der Waals surface area contributed by atoms with Crippen LogP contribution in [0, 0.1) is 11.6 Å². The monoisotopic (exact) mass is 350 g/mol. The van der Waals surface area contributed by atoms with E-state index in [1.165, 1.54) is 19.1 Å². The third kappa shape index (κ3) is 5.69. The molecule has 4 atom stereocenters. The maximum absolute atomic E-state index is 13.3. The number of β-amino-alcohol motifs (C(OH)–C–C–N with tert-alkyl or cyclic N) is 1. The molecule has 1 aromatic carbocycles. The summed E-state index contributed by atoms with van der Waals surface area (Å²) in [6, 6.07) is 2.01. The highest BCUT2D eigenvalue weighted by Gasteiger charge is 2.33. The quantitative estimate of drug-likeness (QED) is 0.624. The number of benzene rings is 1. The lowest BCUT2D eigenvalue weighted by molar-refractivity contribution is -0.120. The van der Waals surface area contributed by atoms with Gasteiger partial charge in [-0.25, -0.2) is 8.78 Å². The highest BCUT2D eigenvalue weighted by molar-refractivity contribution is 5.85. The number of rotatable bonds is 5. The third-order valence-corrected chi connectivity index (χ3v) is 3.73. The van der Waals surface area contributed by atoms with E-state index >= 15 is 0 Å². The number of nitrogens with one attached hydrogen (secondary N) is 2. The first-order valence-corrected chi connectivity index (χ1v) is 7.16. The molecule has 1 amide bonds. The van der Waals surface area contributed by atoms with Crippen molar-refractivity contribution in [3.63, 3.8) is 0 Å². The van der Waals surface area contributed by atoms with Crippen LogP contribution in [0.3, 0.4) is 0 Å². The van der Waals surface area contributed by atoms with Gasteiger partial charge in [-0.15, -0.1) is 12.4 Å². The van der Waals surface area contributed by atoms with Gasteiger partial charge in [-0.1, -0.05) is 0 Å². The average molecular weight is 351 g/mol. The minimum atomic E-state index is -0.979. The lowest BCUT2D eigenvalue weighted by atomic mass is 9.95. The minimum absolute atomic E-state index is 0. The summed E-state index contributed by atoms with van der Waals surface area (Å²) in [6.45, 7) is 1.67. The lowest BCUT2D eigenvalue weighted by Crippen LogP contribution is -2.51. The fourth-order valence-corrected chi connectivity index (χ4v) is 2.79. The first-order valence-electron chi connectivity index (χ1n) is 7.16. The Hall–Kier alpha value is -1.28. The molecule has 0 radical (unpaired) electrons. The van der Waals surface area contributed by atoms with Crippen LogP contribution in [0.5, 0.6) is 0 Å². The molecule has 1 heterocycles. The minimum Gasteiger partial charge on any atom is -0.392 e. The lowest BCUT2D eigenvalue weighted by Gasteiger charge is -2.28. The fourth-order valence-electron chi connectivity index (χ4n) is 2.79. The van der Waals surface area contributed by atoms with Gasteiger partial charge in [0.1, 0.15) is 11.6 Å². The van der Waals surface area contributed by atoms with Gasteiger partial charge < -0.3 is 20.8 Å². The molecule has 1 fully saturated rings. The van der Waals surface area contributed by atoms with Gasteiger partial charge in [0.25, 0.3) is 0 Å². The summed E-state index contributed by atoms with van der Waals surface area (Å²) in [5, 5.41) is 25.5. The van der Waals surface area contributed by atoms with E-state index in [9.17, 15) is 23.8 Å². The van der Waals surface area contributed by atoms with Crippen molar-refractivity contribution < 1.29 is 23.8 Å². The number of hydrogen-bond donors (Lipinski definition) is 4. The van der Waals surface area contributed by atoms with E-state index in [0.717, 1.165) is 6.07 Å². The van der Waals surface area contributed by atoms with Crippen LogP contribution in [0.25, 0.3) is 0 Å². The highest BCUT2D eigenvalue weighted by atomic mass is 35.5. The molecule has 5 nitrogen and oxygen atoms in total. The summed E-state index contributed by atoms with van der Waals surface area (Å²) in [5.41, 5.74) is 0.342. The van der Waals surface area contributed by atoms with E-state index in [2.05, 4.69) is 10.6 Å². The molecule has 2 rings (SSSR count). The largest absolute Gasteiger partial charge is 0.392 e. The number of aliphatic hydroxyl groups excluding tert-OH is 2. The van der Waals surface area contributed by atoms with Gasteiger partial charge in [-0.3, -0.25) is 4.79 Å². The zero-order valence-electron chi connectivity index (χ0n) is 12.6. The second-order valence-corrected chi connectivity index (χ2v) is 5.68. The van der Waals surface area contributed by atoms with Gasteiger partial charge in [0.15, 0.2) is 0 Å². The van der Waals surface area contributed by atoms with Crippen LogP contribution in [0.15, 0.2) is 18.2 Å². The van der Waals surface area contributed by atoms with E-state index in [0.29, 0.717) is 18.5 Å². The van der Waals surface area contributed by atoms with Gasteiger partial charge >= 0.3 is 0 Å². The molecule has 0 aliphatic carbocycles. The summed E-state index contributed by atoms with van der Waals surface area (Å²) in [7, 11) is 0. The second kappa shape index (κ2) is 8.54. The van der Waals surface area contributed by atoms with Crippen LogP contribution >= 0.6 is 12.4 Å². The Morgan fingerprint density at radius 2 is 2.00 bits per heavy atom. The van der Waals surface area contributed by atoms with Crippen molar-refractivity contribution in [2.24, 2.45) is 0 Å². The predicted molar refractivity (Wildman–Crippen MR) is 83.3 cm³/mol. The van der Waals surface area contributed by atoms with E-state index in [1.54, 1.807) is 0 Å². The number of hydrogen-bond acceptors (Lipinski definition) is 4. The number of halogens is 3. The Morgan fingerprint density at radius 3 is 2.48 bits per heavy atom. The molecule has 4 N–H and O–H groups in total. The molecule has 23 heavy (non-hydrogen) atoms. The molecule has 0 spiro atoms. The van der Waals surface area contributed by atoms with Crippen molar-refractivity contribution in [2.45, 2.75) is 44.1 Å². The normalized spacial score (nSPS) is 23.0. The van der Waals surface area contributed by atoms with Crippen molar-refractivity contribution in [3.05, 3.63) is 35.4 Å². The molecule has 0 aromatic heterocycles. The van der Waals surface area contributed by atoms with Gasteiger partial charge in [-0.05, 0) is 30.5 Å². The van der Waals surface area contributed by atoms with Gasteiger partial charge in [-0.2, -0.15) is 0 Å². The third-order valence-electron chi connectivity index (χ3n) is 3.73. The molecule has 1 aromatic rings. The summed E-state index contributed by atoms with van der Waals surface area (Å²) in [4.78, 5) is 11.3. The van der Waals surface area contributed by atoms with Crippen molar-refractivity contribution in [2.75, 3.05) is 6.54 Å². The summed E-state index contributed by atoms with van der Waals surface area (Å²) in [6.07, 6.45) is -1.09. The van der Waals surface area contributed by atoms with Crippen molar-refractivity contribution in [3.8, 4) is 0 Å². The Labute approximate surface area is 139 Å². The van der Waals surface area contributed by atoms with Crippen LogP contribution in [-0.2, 0) is 11.2 Å². The number of amides is 1. The molecule has 1 aliphatic rings. The van der Waals surface area contributed by atoms with Crippen LogP contribution < -0.4 is 10.6 Å². The first kappa shape index (κ1) is 19.8. The molecular formula is C15H21ClF2N2O3. The molecule has 130 valence electrons. The van der Waals surface area contributed by atoms with E-state index in [4.69, 9.17) is 0 Å². The van der Waals surface area contributed by atoms with E-state index in [-0.39, 0.29) is 30.8 Å². The topological polar surface area (TPSA) is 81.6 Å². The Kier molecular flexibility index (Phi) is 7.34. The number of carbonyl (C=O) groups excluding carboxylic acids is 1. The highest BCUT2D eigenvalue weighted by Crippen LogP contribution is 2.17. The smallest absolute Gasteiger partial charge is 0.217 e. The molecular weight excluding hydrogens is 330 g/mol. The number of aliphatic hydroxyl groups is 2. The zero-order chi connectivity index (χ0) is 16.3.